The largest absolute Gasteiger partial charge is 0.394 e. The summed E-state index contributed by atoms with van der Waals surface area (Å²) in [6.45, 7) is 4.07. The molecule has 1 rings (SSSR count). The van der Waals surface area contributed by atoms with Crippen molar-refractivity contribution in [3.05, 3.63) is 0 Å². The number of hydrogen-bond acceptors (Lipinski definition) is 5. The Kier molecular flexibility index (Phi) is 5.64. The Morgan fingerprint density at radius 2 is 1.94 bits per heavy atom. The Bertz CT molecular complexity index is 197. The third-order valence-electron chi connectivity index (χ3n) is 3.02. The Labute approximate surface area is 96.0 Å². The highest BCUT2D eigenvalue weighted by atomic mass is 16.7. The Morgan fingerprint density at radius 1 is 1.25 bits per heavy atom. The van der Waals surface area contributed by atoms with Crippen molar-refractivity contribution >= 4 is 0 Å². The smallest absolute Gasteiger partial charge is 0.186 e. The van der Waals surface area contributed by atoms with Gasteiger partial charge in [0.2, 0.25) is 0 Å². The maximum Gasteiger partial charge on any atom is 0.186 e. The van der Waals surface area contributed by atoms with Crippen LogP contribution in [0.15, 0.2) is 0 Å². The van der Waals surface area contributed by atoms with Crippen LogP contribution in [0.5, 0.6) is 0 Å². The van der Waals surface area contributed by atoms with Gasteiger partial charge in [-0.2, -0.15) is 0 Å². The molecule has 0 spiro atoms. The van der Waals surface area contributed by atoms with Gasteiger partial charge in [0.05, 0.1) is 18.8 Å². The molecule has 0 aromatic heterocycles. The van der Waals surface area contributed by atoms with Gasteiger partial charge in [-0.1, -0.05) is 20.3 Å². The van der Waals surface area contributed by atoms with E-state index in [1.165, 1.54) is 0 Å². The summed E-state index contributed by atoms with van der Waals surface area (Å²) in [6.07, 6.45) is -1.42. The normalized spacial score (nSPS) is 39.9. The first-order chi connectivity index (χ1) is 7.61. The van der Waals surface area contributed by atoms with Gasteiger partial charge in [-0.05, 0) is 6.42 Å². The molecule has 1 aliphatic heterocycles. The molecule has 0 aromatic carbocycles. The van der Waals surface area contributed by atoms with E-state index >= 15 is 0 Å². The van der Waals surface area contributed by atoms with Gasteiger partial charge in [0, 0.05) is 12.5 Å². The molecule has 3 N–H and O–H groups in total. The maximum absolute atomic E-state index is 9.75. The number of aliphatic hydroxyl groups excluding tert-OH is 3. The highest BCUT2D eigenvalue weighted by Gasteiger charge is 2.42. The van der Waals surface area contributed by atoms with E-state index in [0.29, 0.717) is 6.61 Å². The average molecular weight is 234 g/mol. The summed E-state index contributed by atoms with van der Waals surface area (Å²) in [5.74, 6) is -0.300. The lowest BCUT2D eigenvalue weighted by atomic mass is 9.91. The first-order valence-corrected chi connectivity index (χ1v) is 5.85. The standard InChI is InChI=1S/C11H22O5/c1-3-4-5-15-11-10(14)9(13)7(2)8(6-12)16-11/h7-14H,3-6H2,1-2H3. The first kappa shape index (κ1) is 13.9. The summed E-state index contributed by atoms with van der Waals surface area (Å²) >= 11 is 0. The molecule has 0 aliphatic carbocycles. The van der Waals surface area contributed by atoms with Gasteiger partial charge in [0.25, 0.3) is 0 Å². The number of ether oxygens (including phenoxy) is 2. The highest BCUT2D eigenvalue weighted by molar-refractivity contribution is 4.86. The van der Waals surface area contributed by atoms with Crippen LogP contribution in [0.2, 0.25) is 0 Å². The second-order valence-corrected chi connectivity index (χ2v) is 4.29. The fourth-order valence-electron chi connectivity index (χ4n) is 1.76. The molecule has 5 atom stereocenters. The highest BCUT2D eigenvalue weighted by Crippen LogP contribution is 2.26. The van der Waals surface area contributed by atoms with E-state index in [0.717, 1.165) is 12.8 Å². The lowest BCUT2D eigenvalue weighted by molar-refractivity contribution is -0.288. The zero-order valence-corrected chi connectivity index (χ0v) is 9.87. The van der Waals surface area contributed by atoms with E-state index in [2.05, 4.69) is 0 Å². The fourth-order valence-corrected chi connectivity index (χ4v) is 1.76. The summed E-state index contributed by atoms with van der Waals surface area (Å²) in [6, 6.07) is 0. The molecule has 5 unspecified atom stereocenters. The van der Waals surface area contributed by atoms with Crippen LogP contribution >= 0.6 is 0 Å². The van der Waals surface area contributed by atoms with Gasteiger partial charge in [0.15, 0.2) is 6.29 Å². The lowest BCUT2D eigenvalue weighted by Crippen LogP contribution is -2.55. The van der Waals surface area contributed by atoms with Crippen molar-refractivity contribution in [1.82, 2.24) is 0 Å². The predicted octanol–water partition coefficient (Wildman–Crippen LogP) is -0.122. The van der Waals surface area contributed by atoms with Crippen molar-refractivity contribution in [2.24, 2.45) is 5.92 Å². The molecule has 5 nitrogen and oxygen atoms in total. The summed E-state index contributed by atoms with van der Waals surface area (Å²) in [5, 5.41) is 28.6. The number of unbranched alkanes of at least 4 members (excludes halogenated alkanes) is 1. The summed E-state index contributed by atoms with van der Waals surface area (Å²) in [7, 11) is 0. The molecule has 0 aromatic rings. The number of aliphatic hydroxyl groups is 3. The van der Waals surface area contributed by atoms with Gasteiger partial charge in [-0.15, -0.1) is 0 Å². The van der Waals surface area contributed by atoms with Gasteiger partial charge < -0.3 is 24.8 Å². The second-order valence-electron chi connectivity index (χ2n) is 4.29. The molecule has 1 saturated heterocycles. The zero-order valence-electron chi connectivity index (χ0n) is 9.87. The van der Waals surface area contributed by atoms with Crippen molar-refractivity contribution in [2.45, 2.75) is 51.3 Å². The number of hydrogen-bond donors (Lipinski definition) is 3. The molecule has 1 fully saturated rings. The molecule has 1 aliphatic rings. The van der Waals surface area contributed by atoms with E-state index in [1.807, 2.05) is 6.92 Å². The third-order valence-corrected chi connectivity index (χ3v) is 3.02. The fraction of sp³-hybridized carbons (Fsp3) is 1.00. The van der Waals surface area contributed by atoms with Crippen molar-refractivity contribution in [3.63, 3.8) is 0 Å². The lowest BCUT2D eigenvalue weighted by Gasteiger charge is -2.40. The molecule has 1 heterocycles. The van der Waals surface area contributed by atoms with Crippen LogP contribution in [0, 0.1) is 5.92 Å². The summed E-state index contributed by atoms with van der Waals surface area (Å²) in [4.78, 5) is 0. The molecular formula is C11H22O5. The Morgan fingerprint density at radius 3 is 2.50 bits per heavy atom. The molecule has 0 saturated carbocycles. The van der Waals surface area contributed by atoms with Crippen LogP contribution in [0.1, 0.15) is 26.7 Å². The van der Waals surface area contributed by atoms with Crippen molar-refractivity contribution in [1.29, 1.82) is 0 Å². The SMILES string of the molecule is CCCCOC1OC(CO)C(C)C(O)C1O. The maximum atomic E-state index is 9.75. The zero-order chi connectivity index (χ0) is 12.1. The molecule has 5 heteroatoms. The van der Waals surface area contributed by atoms with E-state index in [-0.39, 0.29) is 12.5 Å². The van der Waals surface area contributed by atoms with Gasteiger partial charge in [-0.25, -0.2) is 0 Å². The van der Waals surface area contributed by atoms with E-state index in [4.69, 9.17) is 14.6 Å². The van der Waals surface area contributed by atoms with E-state index in [1.54, 1.807) is 6.92 Å². The first-order valence-electron chi connectivity index (χ1n) is 5.85. The molecule has 16 heavy (non-hydrogen) atoms. The van der Waals surface area contributed by atoms with Crippen LogP contribution < -0.4 is 0 Å². The van der Waals surface area contributed by atoms with Crippen LogP contribution in [-0.4, -0.2) is 53.1 Å². The number of rotatable bonds is 5. The average Bonchev–Trinajstić information content (AvgIpc) is 2.29. The second kappa shape index (κ2) is 6.51. The van der Waals surface area contributed by atoms with E-state index < -0.39 is 24.6 Å². The molecule has 0 bridgehead atoms. The molecule has 0 amide bonds. The van der Waals surface area contributed by atoms with Crippen molar-refractivity contribution in [2.75, 3.05) is 13.2 Å². The third kappa shape index (κ3) is 3.15. The Balaban J connectivity index is 2.50. The van der Waals surface area contributed by atoms with E-state index in [9.17, 15) is 10.2 Å². The van der Waals surface area contributed by atoms with Gasteiger partial charge in [0.1, 0.15) is 6.10 Å². The van der Waals surface area contributed by atoms with Crippen LogP contribution in [0.3, 0.4) is 0 Å². The molecule has 0 radical (unpaired) electrons. The minimum atomic E-state index is -1.05. The summed E-state index contributed by atoms with van der Waals surface area (Å²) < 4.78 is 10.7. The van der Waals surface area contributed by atoms with Crippen LogP contribution in [-0.2, 0) is 9.47 Å². The predicted molar refractivity (Wildman–Crippen MR) is 57.8 cm³/mol. The molecule has 96 valence electrons. The topological polar surface area (TPSA) is 79.2 Å². The quantitative estimate of drug-likeness (QED) is 0.578. The van der Waals surface area contributed by atoms with Gasteiger partial charge >= 0.3 is 0 Å². The minimum absolute atomic E-state index is 0.182. The Hall–Kier alpha value is -0.200. The van der Waals surface area contributed by atoms with Crippen molar-refractivity contribution < 1.29 is 24.8 Å². The van der Waals surface area contributed by atoms with Crippen LogP contribution in [0.4, 0.5) is 0 Å². The minimum Gasteiger partial charge on any atom is -0.394 e. The summed E-state index contributed by atoms with van der Waals surface area (Å²) in [5.41, 5.74) is 0. The van der Waals surface area contributed by atoms with Crippen LogP contribution in [0.25, 0.3) is 0 Å². The van der Waals surface area contributed by atoms with Gasteiger partial charge in [-0.3, -0.25) is 0 Å². The monoisotopic (exact) mass is 234 g/mol. The van der Waals surface area contributed by atoms with Crippen molar-refractivity contribution in [3.8, 4) is 0 Å². The molecular weight excluding hydrogens is 212 g/mol.